The lowest BCUT2D eigenvalue weighted by atomic mass is 10.0. The van der Waals surface area contributed by atoms with Crippen molar-refractivity contribution in [1.29, 1.82) is 5.26 Å². The van der Waals surface area contributed by atoms with Gasteiger partial charge in [0, 0.05) is 17.8 Å². The zero-order valence-corrected chi connectivity index (χ0v) is 8.92. The van der Waals surface area contributed by atoms with E-state index in [0.29, 0.717) is 6.42 Å². The molecule has 0 aliphatic carbocycles. The number of hydrogen-bond donors (Lipinski definition) is 2. The van der Waals surface area contributed by atoms with E-state index in [1.54, 1.807) is 0 Å². The van der Waals surface area contributed by atoms with Gasteiger partial charge in [-0.05, 0) is 29.1 Å². The zero-order chi connectivity index (χ0) is 9.97. The minimum atomic E-state index is -0.181. The van der Waals surface area contributed by atoms with Crippen molar-refractivity contribution in [3.05, 3.63) is 36.0 Å². The number of benzene rings is 1. The summed E-state index contributed by atoms with van der Waals surface area (Å²) in [6.45, 7) is 0. The standard InChI is InChI=1S/C11H11N3.ClH/c12-5-3-10(13)8-1-2-11-9(7-8)4-6-14-11;/h1-2,4,6-7,10,14H,3,13H2;1H/t10-;/m1./s1. The molecule has 0 aliphatic heterocycles. The number of nitrogens with zero attached hydrogens (tertiary/aromatic N) is 1. The number of nitrogens with two attached hydrogens (primary N) is 1. The number of nitriles is 1. The first kappa shape index (κ1) is 11.6. The molecule has 0 unspecified atom stereocenters. The van der Waals surface area contributed by atoms with Gasteiger partial charge in [0.25, 0.3) is 0 Å². The molecule has 0 saturated carbocycles. The lowest BCUT2D eigenvalue weighted by Crippen LogP contribution is -2.08. The monoisotopic (exact) mass is 221 g/mol. The molecular formula is C11H12ClN3. The van der Waals surface area contributed by atoms with Gasteiger partial charge in [-0.3, -0.25) is 0 Å². The summed E-state index contributed by atoms with van der Waals surface area (Å²) in [5.74, 6) is 0. The Bertz CT molecular complexity index is 484. The summed E-state index contributed by atoms with van der Waals surface area (Å²) in [5.41, 5.74) is 7.94. The number of nitrogens with one attached hydrogen (secondary N) is 1. The van der Waals surface area contributed by atoms with Gasteiger partial charge in [0.1, 0.15) is 0 Å². The fourth-order valence-electron chi connectivity index (χ4n) is 1.52. The minimum absolute atomic E-state index is 0. The third-order valence-corrected chi connectivity index (χ3v) is 2.32. The maximum atomic E-state index is 8.54. The van der Waals surface area contributed by atoms with Crippen molar-refractivity contribution in [3.8, 4) is 6.07 Å². The van der Waals surface area contributed by atoms with Gasteiger partial charge >= 0.3 is 0 Å². The van der Waals surface area contributed by atoms with Crippen LogP contribution in [0.4, 0.5) is 0 Å². The summed E-state index contributed by atoms with van der Waals surface area (Å²) in [4.78, 5) is 3.11. The summed E-state index contributed by atoms with van der Waals surface area (Å²) in [7, 11) is 0. The van der Waals surface area contributed by atoms with E-state index in [4.69, 9.17) is 11.0 Å². The molecule has 3 nitrogen and oxygen atoms in total. The van der Waals surface area contributed by atoms with Gasteiger partial charge in [-0.2, -0.15) is 5.26 Å². The van der Waals surface area contributed by atoms with Crippen LogP contribution < -0.4 is 5.73 Å². The van der Waals surface area contributed by atoms with Crippen LogP contribution >= 0.6 is 12.4 Å². The van der Waals surface area contributed by atoms with E-state index >= 15 is 0 Å². The maximum Gasteiger partial charge on any atom is 0.0641 e. The number of aromatic nitrogens is 1. The third kappa shape index (κ3) is 2.30. The first-order valence-electron chi connectivity index (χ1n) is 4.51. The van der Waals surface area contributed by atoms with Gasteiger partial charge in [-0.15, -0.1) is 12.4 Å². The minimum Gasteiger partial charge on any atom is -0.361 e. The predicted molar refractivity (Wildman–Crippen MR) is 62.7 cm³/mol. The highest BCUT2D eigenvalue weighted by Gasteiger charge is 2.05. The molecule has 2 aromatic rings. The van der Waals surface area contributed by atoms with Crippen molar-refractivity contribution in [3.63, 3.8) is 0 Å². The Morgan fingerprint density at radius 2 is 2.20 bits per heavy atom. The molecule has 0 amide bonds. The zero-order valence-electron chi connectivity index (χ0n) is 8.10. The fraction of sp³-hybridized carbons (Fsp3) is 0.182. The van der Waals surface area contributed by atoms with E-state index in [-0.39, 0.29) is 18.4 Å². The van der Waals surface area contributed by atoms with Crippen LogP contribution in [0.5, 0.6) is 0 Å². The lowest BCUT2D eigenvalue weighted by molar-refractivity contribution is 0.750. The Hall–Kier alpha value is -1.50. The van der Waals surface area contributed by atoms with Crippen LogP contribution in [-0.2, 0) is 0 Å². The Labute approximate surface area is 94.3 Å². The molecule has 1 aromatic heterocycles. The van der Waals surface area contributed by atoms with Crippen LogP contribution in [0.25, 0.3) is 10.9 Å². The van der Waals surface area contributed by atoms with E-state index in [9.17, 15) is 0 Å². The second kappa shape index (κ2) is 4.83. The molecule has 1 atom stereocenters. The molecule has 15 heavy (non-hydrogen) atoms. The average molecular weight is 222 g/mol. The Kier molecular flexibility index (Phi) is 3.73. The highest BCUT2D eigenvalue weighted by Crippen LogP contribution is 2.19. The van der Waals surface area contributed by atoms with E-state index in [1.165, 1.54) is 0 Å². The summed E-state index contributed by atoms with van der Waals surface area (Å²) >= 11 is 0. The van der Waals surface area contributed by atoms with Crippen molar-refractivity contribution in [1.82, 2.24) is 4.98 Å². The lowest BCUT2D eigenvalue weighted by Gasteiger charge is -2.07. The summed E-state index contributed by atoms with van der Waals surface area (Å²) in [5, 5.41) is 9.67. The van der Waals surface area contributed by atoms with Crippen LogP contribution in [0.3, 0.4) is 0 Å². The van der Waals surface area contributed by atoms with Crippen LogP contribution in [-0.4, -0.2) is 4.98 Å². The van der Waals surface area contributed by atoms with Crippen molar-refractivity contribution >= 4 is 23.3 Å². The third-order valence-electron chi connectivity index (χ3n) is 2.32. The van der Waals surface area contributed by atoms with Gasteiger partial charge in [0.2, 0.25) is 0 Å². The van der Waals surface area contributed by atoms with E-state index in [2.05, 4.69) is 11.1 Å². The molecule has 1 heterocycles. The molecule has 0 bridgehead atoms. The average Bonchev–Trinajstić information content (AvgIpc) is 2.64. The second-order valence-corrected chi connectivity index (χ2v) is 3.29. The summed E-state index contributed by atoms with van der Waals surface area (Å²) < 4.78 is 0. The highest BCUT2D eigenvalue weighted by atomic mass is 35.5. The topological polar surface area (TPSA) is 65.6 Å². The van der Waals surface area contributed by atoms with Crippen molar-refractivity contribution in [2.45, 2.75) is 12.5 Å². The van der Waals surface area contributed by atoms with Gasteiger partial charge < -0.3 is 10.7 Å². The molecule has 0 aliphatic rings. The van der Waals surface area contributed by atoms with Crippen molar-refractivity contribution in [2.24, 2.45) is 5.73 Å². The van der Waals surface area contributed by atoms with E-state index < -0.39 is 0 Å². The molecule has 4 heteroatoms. The molecule has 0 radical (unpaired) electrons. The number of halogens is 1. The van der Waals surface area contributed by atoms with Crippen LogP contribution in [0.15, 0.2) is 30.5 Å². The molecule has 2 rings (SSSR count). The number of rotatable bonds is 2. The highest BCUT2D eigenvalue weighted by molar-refractivity contribution is 5.85. The molecular weight excluding hydrogens is 210 g/mol. The Morgan fingerprint density at radius 3 is 2.93 bits per heavy atom. The summed E-state index contributed by atoms with van der Waals surface area (Å²) in [6.07, 6.45) is 2.25. The molecule has 1 aromatic carbocycles. The quantitative estimate of drug-likeness (QED) is 0.818. The van der Waals surface area contributed by atoms with E-state index in [1.807, 2.05) is 30.5 Å². The van der Waals surface area contributed by atoms with Gasteiger partial charge in [0.15, 0.2) is 0 Å². The number of H-pyrrole nitrogens is 1. The Balaban J connectivity index is 0.00000112. The maximum absolute atomic E-state index is 8.54. The fourth-order valence-corrected chi connectivity index (χ4v) is 1.52. The molecule has 0 saturated heterocycles. The SMILES string of the molecule is Cl.N#CC[C@@H](N)c1ccc2[nH]ccc2c1. The van der Waals surface area contributed by atoms with Crippen molar-refractivity contribution < 1.29 is 0 Å². The Morgan fingerprint density at radius 1 is 1.40 bits per heavy atom. The molecule has 78 valence electrons. The summed E-state index contributed by atoms with van der Waals surface area (Å²) in [6, 6.07) is 9.86. The number of aromatic amines is 1. The number of hydrogen-bond acceptors (Lipinski definition) is 2. The largest absolute Gasteiger partial charge is 0.361 e. The van der Waals surface area contributed by atoms with Crippen LogP contribution in [0.2, 0.25) is 0 Å². The number of fused-ring (bicyclic) bond motifs is 1. The van der Waals surface area contributed by atoms with Crippen molar-refractivity contribution in [2.75, 3.05) is 0 Å². The first-order chi connectivity index (χ1) is 6.81. The van der Waals surface area contributed by atoms with Gasteiger partial charge in [-0.1, -0.05) is 6.07 Å². The van der Waals surface area contributed by atoms with E-state index in [0.717, 1.165) is 16.5 Å². The van der Waals surface area contributed by atoms with Gasteiger partial charge in [-0.25, -0.2) is 0 Å². The normalized spacial score (nSPS) is 11.7. The second-order valence-electron chi connectivity index (χ2n) is 3.29. The smallest absolute Gasteiger partial charge is 0.0641 e. The van der Waals surface area contributed by atoms with Crippen LogP contribution in [0, 0.1) is 11.3 Å². The van der Waals surface area contributed by atoms with Gasteiger partial charge in [0.05, 0.1) is 12.5 Å². The first-order valence-corrected chi connectivity index (χ1v) is 4.51. The predicted octanol–water partition coefficient (Wildman–Crippen LogP) is 2.50. The molecule has 0 spiro atoms. The molecule has 3 N–H and O–H groups in total. The van der Waals surface area contributed by atoms with Crippen LogP contribution in [0.1, 0.15) is 18.0 Å². The molecule has 0 fully saturated rings.